The molecule has 0 fully saturated rings. The molecular weight excluding hydrogens is 236 g/mol. The first kappa shape index (κ1) is 15.3. The van der Waals surface area contributed by atoms with Gasteiger partial charge in [-0.25, -0.2) is 0 Å². The molecule has 0 aliphatic heterocycles. The summed E-state index contributed by atoms with van der Waals surface area (Å²) in [6.45, 7) is 1.17. The Morgan fingerprint density at radius 3 is 2.25 bits per heavy atom. The molecule has 1 atom stereocenters. The Morgan fingerprint density at radius 2 is 1.88 bits per heavy atom. The third kappa shape index (κ3) is 4.05. The van der Waals surface area contributed by atoms with E-state index in [0.717, 1.165) is 8.61 Å². The molecule has 0 aromatic heterocycles. The van der Waals surface area contributed by atoms with Crippen LogP contribution in [-0.2, 0) is 15.0 Å². The molecule has 0 spiro atoms. The maximum absolute atomic E-state index is 11.8. The summed E-state index contributed by atoms with van der Waals surface area (Å²) in [6, 6.07) is -0.544. The van der Waals surface area contributed by atoms with Crippen molar-refractivity contribution in [2.24, 2.45) is 0 Å². The fourth-order valence-corrected chi connectivity index (χ4v) is 2.21. The van der Waals surface area contributed by atoms with Gasteiger partial charge >= 0.3 is 5.97 Å². The van der Waals surface area contributed by atoms with E-state index in [1.807, 2.05) is 0 Å². The van der Waals surface area contributed by atoms with Crippen LogP contribution in [0.3, 0.4) is 0 Å². The molecule has 0 aliphatic rings. The molecule has 96 valence electrons. The van der Waals surface area contributed by atoms with E-state index in [1.165, 1.54) is 14.1 Å². The SMILES string of the molecule is CC(CO)N(C)S(=O)(=O)N(C)CCC(=O)O. The monoisotopic (exact) mass is 254 g/mol. The predicted octanol–water partition coefficient (Wildman–Crippen LogP) is -1.05. The van der Waals surface area contributed by atoms with Gasteiger partial charge < -0.3 is 10.2 Å². The number of aliphatic hydroxyl groups is 1. The van der Waals surface area contributed by atoms with Crippen molar-refractivity contribution in [1.82, 2.24) is 8.61 Å². The zero-order chi connectivity index (χ0) is 12.9. The summed E-state index contributed by atoms with van der Waals surface area (Å²) in [7, 11) is -1.06. The molecule has 0 amide bonds. The molecular formula is C8H18N2O5S. The highest BCUT2D eigenvalue weighted by molar-refractivity contribution is 7.86. The zero-order valence-electron chi connectivity index (χ0n) is 9.62. The van der Waals surface area contributed by atoms with Crippen LogP contribution in [0.15, 0.2) is 0 Å². The van der Waals surface area contributed by atoms with Crippen LogP contribution < -0.4 is 0 Å². The fraction of sp³-hybridized carbons (Fsp3) is 0.875. The number of aliphatic hydroxyl groups excluding tert-OH is 1. The van der Waals surface area contributed by atoms with Crippen molar-refractivity contribution in [3.63, 3.8) is 0 Å². The normalized spacial score (nSPS) is 14.4. The number of carboxylic acid groups (broad SMARTS) is 1. The van der Waals surface area contributed by atoms with E-state index in [2.05, 4.69) is 0 Å². The minimum Gasteiger partial charge on any atom is -0.481 e. The quantitative estimate of drug-likeness (QED) is 0.604. The number of nitrogens with zero attached hydrogens (tertiary/aromatic N) is 2. The van der Waals surface area contributed by atoms with E-state index in [9.17, 15) is 13.2 Å². The molecule has 0 heterocycles. The lowest BCUT2D eigenvalue weighted by Crippen LogP contribution is -2.45. The number of aliphatic carboxylic acids is 1. The number of carbonyl (C=O) groups is 1. The molecule has 0 saturated heterocycles. The van der Waals surface area contributed by atoms with Gasteiger partial charge in [-0.1, -0.05) is 0 Å². The van der Waals surface area contributed by atoms with E-state index in [-0.39, 0.29) is 19.6 Å². The third-order valence-corrected chi connectivity index (χ3v) is 4.34. The molecule has 0 aromatic rings. The number of carboxylic acids is 1. The first-order valence-corrected chi connectivity index (χ1v) is 6.15. The van der Waals surface area contributed by atoms with Crippen LogP contribution in [0.2, 0.25) is 0 Å². The smallest absolute Gasteiger partial charge is 0.304 e. The van der Waals surface area contributed by atoms with Gasteiger partial charge in [-0.2, -0.15) is 17.0 Å². The van der Waals surface area contributed by atoms with E-state index < -0.39 is 22.2 Å². The molecule has 1 unspecified atom stereocenters. The Bertz CT molecular complexity index is 329. The summed E-state index contributed by atoms with van der Waals surface area (Å²) < 4.78 is 25.5. The molecule has 0 bridgehead atoms. The predicted molar refractivity (Wildman–Crippen MR) is 58.1 cm³/mol. The average Bonchev–Trinajstić information content (AvgIpc) is 2.23. The topological polar surface area (TPSA) is 98.2 Å². The maximum atomic E-state index is 11.8. The van der Waals surface area contributed by atoms with Crippen molar-refractivity contribution in [1.29, 1.82) is 0 Å². The first-order chi connectivity index (χ1) is 7.23. The molecule has 0 rings (SSSR count). The van der Waals surface area contributed by atoms with Crippen molar-refractivity contribution in [2.45, 2.75) is 19.4 Å². The van der Waals surface area contributed by atoms with Crippen LogP contribution in [0.4, 0.5) is 0 Å². The van der Waals surface area contributed by atoms with Gasteiger partial charge in [-0.3, -0.25) is 4.79 Å². The minimum atomic E-state index is -3.70. The molecule has 0 saturated carbocycles. The summed E-state index contributed by atoms with van der Waals surface area (Å²) >= 11 is 0. The third-order valence-electron chi connectivity index (χ3n) is 2.28. The Hall–Kier alpha value is -0.700. The van der Waals surface area contributed by atoms with Crippen LogP contribution in [0.5, 0.6) is 0 Å². The molecule has 8 heteroatoms. The number of hydrogen-bond donors (Lipinski definition) is 2. The van der Waals surface area contributed by atoms with Crippen molar-refractivity contribution in [3.05, 3.63) is 0 Å². The summed E-state index contributed by atoms with van der Waals surface area (Å²) in [5.74, 6) is -1.06. The summed E-state index contributed by atoms with van der Waals surface area (Å²) in [5, 5.41) is 17.3. The van der Waals surface area contributed by atoms with Gasteiger partial charge in [0.05, 0.1) is 13.0 Å². The molecule has 16 heavy (non-hydrogen) atoms. The van der Waals surface area contributed by atoms with Crippen LogP contribution in [-0.4, -0.2) is 66.5 Å². The van der Waals surface area contributed by atoms with Crippen molar-refractivity contribution < 1.29 is 23.4 Å². The number of likely N-dealkylation sites (N-methyl/N-ethyl adjacent to an activating group) is 1. The van der Waals surface area contributed by atoms with Gasteiger partial charge in [0.25, 0.3) is 10.2 Å². The fourth-order valence-electron chi connectivity index (χ4n) is 0.931. The van der Waals surface area contributed by atoms with E-state index >= 15 is 0 Å². The largest absolute Gasteiger partial charge is 0.481 e. The Morgan fingerprint density at radius 1 is 1.38 bits per heavy atom. The van der Waals surface area contributed by atoms with Crippen molar-refractivity contribution in [2.75, 3.05) is 27.2 Å². The second-order valence-electron chi connectivity index (χ2n) is 3.52. The summed E-state index contributed by atoms with van der Waals surface area (Å²) in [5.41, 5.74) is 0. The van der Waals surface area contributed by atoms with Gasteiger partial charge in [0.15, 0.2) is 0 Å². The highest BCUT2D eigenvalue weighted by atomic mass is 32.2. The molecule has 0 aromatic carbocycles. The van der Waals surface area contributed by atoms with Crippen molar-refractivity contribution >= 4 is 16.2 Å². The summed E-state index contributed by atoms with van der Waals surface area (Å²) in [6.07, 6.45) is -0.253. The average molecular weight is 254 g/mol. The maximum Gasteiger partial charge on any atom is 0.304 e. The lowest BCUT2D eigenvalue weighted by molar-refractivity contribution is -0.137. The molecule has 0 aliphatic carbocycles. The number of rotatable bonds is 7. The minimum absolute atomic E-state index is 0.0971. The standard InChI is InChI=1S/C8H18N2O5S/c1-7(6-11)10(3)16(14,15)9(2)5-4-8(12)13/h7,11H,4-6H2,1-3H3,(H,12,13). The lowest BCUT2D eigenvalue weighted by atomic mass is 10.4. The molecule has 7 nitrogen and oxygen atoms in total. The van der Waals surface area contributed by atoms with E-state index in [4.69, 9.17) is 10.2 Å². The molecule has 0 radical (unpaired) electrons. The van der Waals surface area contributed by atoms with Gasteiger partial charge in [-0.15, -0.1) is 0 Å². The van der Waals surface area contributed by atoms with Gasteiger partial charge in [0.2, 0.25) is 0 Å². The zero-order valence-corrected chi connectivity index (χ0v) is 10.4. The molecule has 2 N–H and O–H groups in total. The second-order valence-corrected chi connectivity index (χ2v) is 5.62. The van der Waals surface area contributed by atoms with Gasteiger partial charge in [0.1, 0.15) is 0 Å². The van der Waals surface area contributed by atoms with Crippen molar-refractivity contribution in [3.8, 4) is 0 Å². The van der Waals surface area contributed by atoms with E-state index in [1.54, 1.807) is 6.92 Å². The second kappa shape index (κ2) is 6.14. The summed E-state index contributed by atoms with van der Waals surface area (Å²) in [4.78, 5) is 10.3. The highest BCUT2D eigenvalue weighted by Gasteiger charge is 2.27. The Kier molecular flexibility index (Phi) is 5.87. The highest BCUT2D eigenvalue weighted by Crippen LogP contribution is 2.08. The Balaban J connectivity index is 4.59. The van der Waals surface area contributed by atoms with Gasteiger partial charge in [0, 0.05) is 26.7 Å². The first-order valence-electron chi connectivity index (χ1n) is 4.75. The van der Waals surface area contributed by atoms with Gasteiger partial charge in [-0.05, 0) is 6.92 Å². The lowest BCUT2D eigenvalue weighted by Gasteiger charge is -2.27. The van der Waals surface area contributed by atoms with Crippen LogP contribution in [0.25, 0.3) is 0 Å². The Labute approximate surface area is 95.5 Å². The van der Waals surface area contributed by atoms with E-state index in [0.29, 0.717) is 0 Å². The van der Waals surface area contributed by atoms with Crippen LogP contribution in [0, 0.1) is 0 Å². The van der Waals surface area contributed by atoms with Crippen LogP contribution in [0.1, 0.15) is 13.3 Å². The number of hydrogen-bond acceptors (Lipinski definition) is 4. The van der Waals surface area contributed by atoms with Crippen LogP contribution >= 0.6 is 0 Å².